The topological polar surface area (TPSA) is 67.8 Å². The third kappa shape index (κ3) is 4.44. The monoisotopic (exact) mass is 508 g/mol. The van der Waals surface area contributed by atoms with E-state index in [9.17, 15) is 18.4 Å². The smallest absolute Gasteiger partial charge is 0.257 e. The van der Waals surface area contributed by atoms with E-state index in [4.69, 9.17) is 9.73 Å². The van der Waals surface area contributed by atoms with Crippen LogP contribution in [0.1, 0.15) is 22.3 Å². The van der Waals surface area contributed by atoms with Gasteiger partial charge in [0.15, 0.2) is 11.0 Å². The Morgan fingerprint density at radius 3 is 2.71 bits per heavy atom. The number of nitrogens with one attached hydrogen (secondary N) is 1. The number of hydrogen-bond acceptors (Lipinski definition) is 5. The molecule has 3 atom stereocenters. The number of benzene rings is 2. The second-order valence-corrected chi connectivity index (χ2v) is 9.00. The largest absolute Gasteiger partial charge is 0.367 e. The Labute approximate surface area is 190 Å². The standard InChI is InChI=1S/C22H19BrF2N2O3S/c23-10-18(28)19-8-14-11-31-21(26-20(29)13-4-2-1-3-5-13)27-22(14,12-30-19)16-7-6-15(24)9-17(16)25/h1-7,9,14,19H,8,10-12H2,(H,26,27,29). The summed E-state index contributed by atoms with van der Waals surface area (Å²) in [6.45, 7) is -0.0467. The fraction of sp³-hybridized carbons (Fsp3) is 0.318. The van der Waals surface area contributed by atoms with Crippen molar-refractivity contribution in [2.24, 2.45) is 10.9 Å². The van der Waals surface area contributed by atoms with Crippen LogP contribution in [0.3, 0.4) is 0 Å². The van der Waals surface area contributed by atoms with Crippen LogP contribution >= 0.6 is 27.7 Å². The number of alkyl halides is 1. The Morgan fingerprint density at radius 1 is 1.23 bits per heavy atom. The predicted octanol–water partition coefficient (Wildman–Crippen LogP) is 4.06. The van der Waals surface area contributed by atoms with Gasteiger partial charge in [-0.25, -0.2) is 13.8 Å². The molecular formula is C22H19BrF2N2O3S. The highest BCUT2D eigenvalue weighted by Gasteiger charge is 2.50. The maximum Gasteiger partial charge on any atom is 0.257 e. The van der Waals surface area contributed by atoms with Gasteiger partial charge in [-0.3, -0.25) is 9.59 Å². The molecule has 162 valence electrons. The van der Waals surface area contributed by atoms with E-state index < -0.39 is 23.3 Å². The van der Waals surface area contributed by atoms with Crippen molar-refractivity contribution < 1.29 is 23.1 Å². The molecule has 0 aliphatic carbocycles. The van der Waals surface area contributed by atoms with E-state index in [0.29, 0.717) is 22.9 Å². The summed E-state index contributed by atoms with van der Waals surface area (Å²) in [5, 5.41) is 3.29. The minimum Gasteiger partial charge on any atom is -0.367 e. The molecule has 2 aliphatic rings. The molecule has 1 fully saturated rings. The lowest BCUT2D eigenvalue weighted by Gasteiger charge is -2.46. The Balaban J connectivity index is 1.70. The molecule has 2 heterocycles. The van der Waals surface area contributed by atoms with E-state index in [1.807, 2.05) is 6.07 Å². The number of fused-ring (bicyclic) bond motifs is 1. The number of carbonyl (C=O) groups excluding carboxylic acids is 2. The molecule has 0 aromatic heterocycles. The van der Waals surface area contributed by atoms with Crippen molar-refractivity contribution in [2.75, 3.05) is 17.7 Å². The van der Waals surface area contributed by atoms with E-state index >= 15 is 0 Å². The summed E-state index contributed by atoms with van der Waals surface area (Å²) in [5.74, 6) is -1.57. The van der Waals surface area contributed by atoms with Gasteiger partial charge >= 0.3 is 0 Å². The second-order valence-electron chi connectivity index (χ2n) is 7.43. The number of ketones is 1. The number of rotatable bonds is 4. The number of halogens is 3. The molecule has 0 radical (unpaired) electrons. The van der Waals surface area contributed by atoms with Crippen LogP contribution in [0.5, 0.6) is 0 Å². The zero-order chi connectivity index (χ0) is 22.0. The van der Waals surface area contributed by atoms with Crippen LogP contribution in [0.2, 0.25) is 0 Å². The highest BCUT2D eigenvalue weighted by atomic mass is 79.9. The average molecular weight is 509 g/mol. The summed E-state index contributed by atoms with van der Waals surface area (Å²) in [5.41, 5.74) is -0.501. The van der Waals surface area contributed by atoms with Crippen molar-refractivity contribution in [1.29, 1.82) is 0 Å². The summed E-state index contributed by atoms with van der Waals surface area (Å²) in [6, 6.07) is 12.0. The Hall–Kier alpha value is -2.10. The van der Waals surface area contributed by atoms with Gasteiger partial charge in [0, 0.05) is 28.9 Å². The van der Waals surface area contributed by atoms with Crippen LogP contribution in [0, 0.1) is 17.6 Å². The van der Waals surface area contributed by atoms with Gasteiger partial charge in [-0.1, -0.05) is 52.0 Å². The van der Waals surface area contributed by atoms with Crippen LogP contribution in [0.25, 0.3) is 0 Å². The Bertz CT molecular complexity index is 1040. The zero-order valence-corrected chi connectivity index (χ0v) is 18.7. The highest BCUT2D eigenvalue weighted by Crippen LogP contribution is 2.47. The van der Waals surface area contributed by atoms with E-state index in [1.165, 1.54) is 23.9 Å². The second kappa shape index (κ2) is 9.18. The lowest BCUT2D eigenvalue weighted by molar-refractivity contribution is -0.136. The quantitative estimate of drug-likeness (QED) is 0.632. The molecule has 0 bridgehead atoms. The molecule has 1 amide bonds. The molecule has 3 unspecified atom stereocenters. The minimum atomic E-state index is -1.16. The number of Topliss-reactive ketones (excluding diaryl/α,β-unsaturated/α-hetero) is 1. The van der Waals surface area contributed by atoms with Gasteiger partial charge in [0.05, 0.1) is 11.9 Å². The molecule has 9 heteroatoms. The van der Waals surface area contributed by atoms with Gasteiger partial charge in [-0.05, 0) is 24.6 Å². The van der Waals surface area contributed by atoms with Gasteiger partial charge in [-0.15, -0.1) is 0 Å². The lowest BCUT2D eigenvalue weighted by atomic mass is 9.74. The number of amidine groups is 1. The molecule has 1 N–H and O–H groups in total. The summed E-state index contributed by atoms with van der Waals surface area (Å²) < 4.78 is 34.2. The molecular weight excluding hydrogens is 490 g/mol. The molecule has 0 saturated carbocycles. The summed E-state index contributed by atoms with van der Waals surface area (Å²) in [4.78, 5) is 29.5. The predicted molar refractivity (Wildman–Crippen MR) is 118 cm³/mol. The Morgan fingerprint density at radius 2 is 2.00 bits per heavy atom. The van der Waals surface area contributed by atoms with Crippen LogP contribution in [0.15, 0.2) is 53.5 Å². The molecule has 2 aliphatic heterocycles. The molecule has 2 aromatic rings. The van der Waals surface area contributed by atoms with Crippen molar-refractivity contribution >= 4 is 44.5 Å². The minimum absolute atomic E-state index is 0.0467. The van der Waals surface area contributed by atoms with Crippen molar-refractivity contribution in [3.05, 3.63) is 71.3 Å². The molecule has 4 rings (SSSR count). The fourth-order valence-electron chi connectivity index (χ4n) is 3.92. The van der Waals surface area contributed by atoms with Gasteiger partial charge in [0.1, 0.15) is 23.3 Å². The van der Waals surface area contributed by atoms with Gasteiger partial charge in [-0.2, -0.15) is 0 Å². The molecule has 2 aromatic carbocycles. The maximum atomic E-state index is 14.8. The van der Waals surface area contributed by atoms with Crippen LogP contribution in [-0.4, -0.2) is 40.7 Å². The average Bonchev–Trinajstić information content (AvgIpc) is 2.78. The number of nitrogens with zero attached hydrogens (tertiary/aromatic N) is 1. The van der Waals surface area contributed by atoms with Crippen molar-refractivity contribution in [2.45, 2.75) is 18.1 Å². The van der Waals surface area contributed by atoms with Crippen molar-refractivity contribution in [1.82, 2.24) is 5.32 Å². The first-order chi connectivity index (χ1) is 14.9. The van der Waals surface area contributed by atoms with Gasteiger partial charge < -0.3 is 10.1 Å². The van der Waals surface area contributed by atoms with E-state index in [-0.39, 0.29) is 35.1 Å². The molecule has 5 nitrogen and oxygen atoms in total. The maximum absolute atomic E-state index is 14.8. The number of amides is 1. The van der Waals surface area contributed by atoms with Gasteiger partial charge in [0.25, 0.3) is 5.91 Å². The number of aliphatic imine (C=N–C) groups is 1. The Kier molecular flexibility index (Phi) is 6.55. The molecule has 31 heavy (non-hydrogen) atoms. The zero-order valence-electron chi connectivity index (χ0n) is 16.3. The number of hydrogen-bond donors (Lipinski definition) is 1. The SMILES string of the molecule is O=C(NC1=NC2(c3ccc(F)cc3F)COC(C(=O)CBr)CC2CS1)c1ccccc1. The van der Waals surface area contributed by atoms with Gasteiger partial charge in [0.2, 0.25) is 0 Å². The van der Waals surface area contributed by atoms with E-state index in [2.05, 4.69) is 21.2 Å². The van der Waals surface area contributed by atoms with E-state index in [0.717, 1.165) is 6.07 Å². The third-order valence-electron chi connectivity index (χ3n) is 5.55. The third-order valence-corrected chi connectivity index (χ3v) is 7.13. The van der Waals surface area contributed by atoms with Crippen LogP contribution in [-0.2, 0) is 15.1 Å². The van der Waals surface area contributed by atoms with E-state index in [1.54, 1.807) is 24.3 Å². The fourth-order valence-corrected chi connectivity index (χ4v) is 5.45. The first-order valence-electron chi connectivity index (χ1n) is 9.68. The lowest BCUT2D eigenvalue weighted by Crippen LogP contribution is -2.52. The summed E-state index contributed by atoms with van der Waals surface area (Å²) in [7, 11) is 0. The molecule has 0 spiro atoms. The highest BCUT2D eigenvalue weighted by molar-refractivity contribution is 9.09. The summed E-state index contributed by atoms with van der Waals surface area (Å²) >= 11 is 4.50. The number of thioether (sulfide) groups is 1. The van der Waals surface area contributed by atoms with Crippen molar-refractivity contribution in [3.63, 3.8) is 0 Å². The van der Waals surface area contributed by atoms with Crippen LogP contribution in [0.4, 0.5) is 8.78 Å². The van der Waals surface area contributed by atoms with Crippen LogP contribution < -0.4 is 5.32 Å². The van der Waals surface area contributed by atoms with Crippen molar-refractivity contribution in [3.8, 4) is 0 Å². The summed E-state index contributed by atoms with van der Waals surface area (Å²) in [6.07, 6.45) is -0.255. The first kappa shape index (κ1) is 22.1. The molecule has 1 saturated heterocycles. The first-order valence-corrected chi connectivity index (χ1v) is 11.8. The normalized spacial score (nSPS) is 25.3. The number of carbonyl (C=O) groups is 2. The number of ether oxygens (including phenoxy) is 1.